The SMILES string of the molecule is CN=C(NCC(C)c1c(C)noc1C)N1CCC2C(CCCN2Cc2ccccc2)C1. The molecule has 1 aromatic carbocycles. The maximum absolute atomic E-state index is 5.35. The molecule has 2 aliphatic heterocycles. The van der Waals surface area contributed by atoms with E-state index in [1.807, 2.05) is 20.9 Å². The summed E-state index contributed by atoms with van der Waals surface area (Å²) in [6, 6.07) is 11.6. The number of aliphatic imine (C=N–C) groups is 1. The molecule has 0 radical (unpaired) electrons. The molecule has 1 aromatic heterocycles. The van der Waals surface area contributed by atoms with Crippen molar-refractivity contribution in [2.45, 2.75) is 58.5 Å². The minimum absolute atomic E-state index is 0.330. The van der Waals surface area contributed by atoms with E-state index in [4.69, 9.17) is 4.52 Å². The largest absolute Gasteiger partial charge is 0.361 e. The summed E-state index contributed by atoms with van der Waals surface area (Å²) in [7, 11) is 1.90. The summed E-state index contributed by atoms with van der Waals surface area (Å²) < 4.78 is 5.35. The van der Waals surface area contributed by atoms with E-state index < -0.39 is 0 Å². The van der Waals surface area contributed by atoms with Gasteiger partial charge in [0.2, 0.25) is 0 Å². The number of aromatic nitrogens is 1. The lowest BCUT2D eigenvalue weighted by Gasteiger charge is -2.48. The molecule has 0 amide bonds. The summed E-state index contributed by atoms with van der Waals surface area (Å²) in [5.74, 6) is 2.99. The quantitative estimate of drug-likeness (QED) is 0.583. The van der Waals surface area contributed by atoms with E-state index in [0.29, 0.717) is 17.9 Å². The van der Waals surface area contributed by atoms with Gasteiger partial charge in [-0.05, 0) is 51.1 Å². The first-order valence-electron chi connectivity index (χ1n) is 11.7. The number of nitrogens with one attached hydrogen (secondary N) is 1. The fourth-order valence-electron chi connectivity index (χ4n) is 5.59. The molecule has 3 heterocycles. The van der Waals surface area contributed by atoms with Crippen molar-refractivity contribution in [1.82, 2.24) is 20.3 Å². The van der Waals surface area contributed by atoms with Crippen LogP contribution in [0.1, 0.15) is 54.7 Å². The lowest BCUT2D eigenvalue weighted by molar-refractivity contribution is 0.0372. The zero-order valence-electron chi connectivity index (χ0n) is 19.5. The molecule has 3 atom stereocenters. The van der Waals surface area contributed by atoms with Crippen molar-refractivity contribution in [1.29, 1.82) is 0 Å². The highest BCUT2D eigenvalue weighted by Gasteiger charge is 2.36. The molecule has 0 aliphatic carbocycles. The summed E-state index contributed by atoms with van der Waals surface area (Å²) in [5.41, 5.74) is 3.63. The number of benzene rings is 1. The summed E-state index contributed by atoms with van der Waals surface area (Å²) in [4.78, 5) is 9.80. The molecule has 1 N–H and O–H groups in total. The van der Waals surface area contributed by atoms with Crippen LogP contribution in [0.15, 0.2) is 39.8 Å². The first-order valence-corrected chi connectivity index (χ1v) is 11.7. The molecular weight excluding hydrogens is 386 g/mol. The van der Waals surface area contributed by atoms with Gasteiger partial charge in [-0.25, -0.2) is 0 Å². The standard InChI is InChI=1S/C25H37N5O/c1-18(24-19(2)28-31-20(24)3)15-27-25(26-4)30-14-12-23-22(17-30)11-8-13-29(23)16-21-9-6-5-7-10-21/h5-7,9-10,18,22-23H,8,11-17H2,1-4H3,(H,26,27). The molecule has 4 rings (SSSR count). The zero-order valence-corrected chi connectivity index (χ0v) is 19.5. The van der Waals surface area contributed by atoms with Crippen LogP contribution in [0.3, 0.4) is 0 Å². The van der Waals surface area contributed by atoms with Crippen LogP contribution in [0, 0.1) is 19.8 Å². The summed E-state index contributed by atoms with van der Waals surface area (Å²) in [6.07, 6.45) is 3.81. The van der Waals surface area contributed by atoms with Crippen molar-refractivity contribution in [3.05, 3.63) is 52.9 Å². The third-order valence-corrected chi connectivity index (χ3v) is 7.07. The number of nitrogens with zero attached hydrogens (tertiary/aromatic N) is 4. The average Bonchev–Trinajstić information content (AvgIpc) is 3.13. The zero-order chi connectivity index (χ0) is 21.8. The summed E-state index contributed by atoms with van der Waals surface area (Å²) in [6.45, 7) is 11.5. The Kier molecular flexibility index (Phi) is 6.96. The minimum atomic E-state index is 0.330. The number of hydrogen-bond acceptors (Lipinski definition) is 4. The van der Waals surface area contributed by atoms with Crippen LogP contribution in [0.5, 0.6) is 0 Å². The molecule has 2 fully saturated rings. The van der Waals surface area contributed by atoms with Crippen molar-refractivity contribution in [3.63, 3.8) is 0 Å². The van der Waals surface area contributed by atoms with Gasteiger partial charge in [-0.1, -0.05) is 42.4 Å². The monoisotopic (exact) mass is 423 g/mol. The van der Waals surface area contributed by atoms with Crippen molar-refractivity contribution in [3.8, 4) is 0 Å². The molecule has 2 aromatic rings. The fraction of sp³-hybridized carbons (Fsp3) is 0.600. The highest BCUT2D eigenvalue weighted by molar-refractivity contribution is 5.80. The van der Waals surface area contributed by atoms with E-state index in [0.717, 1.165) is 43.6 Å². The Morgan fingerprint density at radius 2 is 2.03 bits per heavy atom. The van der Waals surface area contributed by atoms with Gasteiger partial charge in [0.1, 0.15) is 5.76 Å². The molecule has 2 aliphatic rings. The highest BCUT2D eigenvalue weighted by Crippen LogP contribution is 2.32. The maximum atomic E-state index is 5.35. The van der Waals surface area contributed by atoms with E-state index in [1.165, 1.54) is 36.9 Å². The van der Waals surface area contributed by atoms with Gasteiger partial charge in [0, 0.05) is 50.7 Å². The van der Waals surface area contributed by atoms with Gasteiger partial charge < -0.3 is 14.7 Å². The van der Waals surface area contributed by atoms with Gasteiger partial charge in [0.05, 0.1) is 5.69 Å². The molecule has 168 valence electrons. The molecule has 0 spiro atoms. The van der Waals surface area contributed by atoms with E-state index in [2.05, 4.69) is 62.5 Å². The number of likely N-dealkylation sites (tertiary alicyclic amines) is 2. The summed E-state index contributed by atoms with van der Waals surface area (Å²) >= 11 is 0. The van der Waals surface area contributed by atoms with Gasteiger partial charge in [-0.2, -0.15) is 0 Å². The number of rotatable bonds is 5. The molecule has 2 saturated heterocycles. The van der Waals surface area contributed by atoms with Gasteiger partial charge >= 0.3 is 0 Å². The van der Waals surface area contributed by atoms with Crippen LogP contribution in [-0.2, 0) is 6.54 Å². The third-order valence-electron chi connectivity index (χ3n) is 7.07. The smallest absolute Gasteiger partial charge is 0.193 e. The second kappa shape index (κ2) is 9.86. The highest BCUT2D eigenvalue weighted by atomic mass is 16.5. The molecule has 6 nitrogen and oxygen atoms in total. The predicted molar refractivity (Wildman–Crippen MR) is 125 cm³/mol. The second-order valence-corrected chi connectivity index (χ2v) is 9.23. The molecule has 31 heavy (non-hydrogen) atoms. The van der Waals surface area contributed by atoms with E-state index >= 15 is 0 Å². The Labute approximate surface area is 186 Å². The van der Waals surface area contributed by atoms with Gasteiger partial charge in [-0.15, -0.1) is 0 Å². The molecule has 0 bridgehead atoms. The van der Waals surface area contributed by atoms with Crippen LogP contribution in [0.2, 0.25) is 0 Å². The van der Waals surface area contributed by atoms with Crippen molar-refractivity contribution < 1.29 is 4.52 Å². The number of hydrogen-bond donors (Lipinski definition) is 1. The third kappa shape index (κ3) is 4.95. The molecule has 6 heteroatoms. The maximum Gasteiger partial charge on any atom is 0.193 e. The Balaban J connectivity index is 1.34. The van der Waals surface area contributed by atoms with Crippen LogP contribution < -0.4 is 5.32 Å². The number of aryl methyl sites for hydroxylation is 2. The first kappa shape index (κ1) is 21.9. The van der Waals surface area contributed by atoms with E-state index in [1.54, 1.807) is 0 Å². The average molecular weight is 424 g/mol. The van der Waals surface area contributed by atoms with Gasteiger partial charge in [0.15, 0.2) is 5.96 Å². The van der Waals surface area contributed by atoms with Crippen LogP contribution >= 0.6 is 0 Å². The van der Waals surface area contributed by atoms with Crippen LogP contribution in [0.25, 0.3) is 0 Å². The van der Waals surface area contributed by atoms with E-state index in [9.17, 15) is 0 Å². The van der Waals surface area contributed by atoms with Crippen LogP contribution in [0.4, 0.5) is 0 Å². The van der Waals surface area contributed by atoms with E-state index in [-0.39, 0.29) is 0 Å². The number of fused-ring (bicyclic) bond motifs is 1. The number of guanidine groups is 1. The topological polar surface area (TPSA) is 56.9 Å². The number of piperidine rings is 2. The second-order valence-electron chi connectivity index (χ2n) is 9.23. The Bertz CT molecular complexity index is 858. The normalized spacial score (nSPS) is 23.5. The predicted octanol–water partition coefficient (Wildman–Crippen LogP) is 3.96. The minimum Gasteiger partial charge on any atom is -0.361 e. The first-order chi connectivity index (χ1) is 15.1. The summed E-state index contributed by atoms with van der Waals surface area (Å²) in [5, 5.41) is 7.73. The van der Waals surface area contributed by atoms with Gasteiger partial charge in [0.25, 0.3) is 0 Å². The van der Waals surface area contributed by atoms with Gasteiger partial charge in [-0.3, -0.25) is 9.89 Å². The Hall–Kier alpha value is -2.34. The van der Waals surface area contributed by atoms with Crippen LogP contribution in [-0.4, -0.2) is 60.2 Å². The fourth-order valence-corrected chi connectivity index (χ4v) is 5.59. The Morgan fingerprint density at radius 1 is 1.23 bits per heavy atom. The molecule has 0 saturated carbocycles. The molecule has 3 unspecified atom stereocenters. The van der Waals surface area contributed by atoms with Crippen molar-refractivity contribution in [2.75, 3.05) is 33.2 Å². The lowest BCUT2D eigenvalue weighted by Crippen LogP contribution is -2.56. The molecular formula is C25H37N5O. The lowest BCUT2D eigenvalue weighted by atomic mass is 9.83. The Morgan fingerprint density at radius 3 is 2.74 bits per heavy atom. The van der Waals surface area contributed by atoms with Crippen molar-refractivity contribution in [2.24, 2.45) is 10.9 Å². The van der Waals surface area contributed by atoms with Crippen molar-refractivity contribution >= 4 is 5.96 Å².